The molecular weight excluding hydrogens is 448 g/mol. The molecule has 0 bridgehead atoms. The molecule has 2 aromatic rings. The number of nitrogens with zero attached hydrogens (tertiary/aromatic N) is 2. The van der Waals surface area contributed by atoms with Crippen LogP contribution in [0.25, 0.3) is 0 Å². The monoisotopic (exact) mass is 486 g/mol. The zero-order valence-electron chi connectivity index (χ0n) is 22.2. The Labute approximate surface area is 222 Å². The van der Waals surface area contributed by atoms with E-state index in [1.807, 2.05) is 0 Å². The van der Waals surface area contributed by atoms with Gasteiger partial charge in [0, 0.05) is 60.7 Å². The summed E-state index contributed by atoms with van der Waals surface area (Å²) in [6.07, 6.45) is 20.5. The van der Waals surface area contributed by atoms with Gasteiger partial charge >= 0.3 is 0 Å². The summed E-state index contributed by atoms with van der Waals surface area (Å²) < 4.78 is 0. The molecule has 2 heteroatoms. The van der Waals surface area contributed by atoms with Crippen LogP contribution in [0.1, 0.15) is 41.9 Å². The van der Waals surface area contributed by atoms with Gasteiger partial charge < -0.3 is 9.80 Å². The summed E-state index contributed by atoms with van der Waals surface area (Å²) in [7, 11) is 2.34. The molecule has 2 aromatic carbocycles. The zero-order chi connectivity index (χ0) is 24.8. The van der Waals surface area contributed by atoms with Gasteiger partial charge in [0.25, 0.3) is 0 Å². The van der Waals surface area contributed by atoms with Crippen LogP contribution in [0.5, 0.6) is 0 Å². The van der Waals surface area contributed by atoms with Gasteiger partial charge in [0.1, 0.15) is 0 Å². The number of aryl methyl sites for hydroxylation is 1. The Kier molecular flexibility index (Phi) is 4.76. The Hall–Kier alpha value is -3.00. The molecule has 2 heterocycles. The number of rotatable bonds is 3. The van der Waals surface area contributed by atoms with Crippen molar-refractivity contribution in [2.75, 3.05) is 23.4 Å². The third kappa shape index (κ3) is 2.93. The Morgan fingerprint density at radius 3 is 2.22 bits per heavy atom. The largest absolute Gasteiger partial charge is 0.370 e. The van der Waals surface area contributed by atoms with Crippen molar-refractivity contribution in [3.8, 4) is 0 Å². The van der Waals surface area contributed by atoms with Gasteiger partial charge in [-0.1, -0.05) is 91.4 Å². The average Bonchev–Trinajstić information content (AvgIpc) is 3.61. The van der Waals surface area contributed by atoms with Crippen LogP contribution in [0.15, 0.2) is 91.1 Å². The lowest BCUT2D eigenvalue weighted by Gasteiger charge is -2.35. The van der Waals surface area contributed by atoms with Gasteiger partial charge in [-0.3, -0.25) is 0 Å². The fraction of sp³-hybridized carbons (Fsp3) is 0.429. The topological polar surface area (TPSA) is 6.48 Å². The molecule has 0 spiro atoms. The van der Waals surface area contributed by atoms with E-state index in [2.05, 4.69) is 122 Å². The first-order valence-corrected chi connectivity index (χ1v) is 14.5. The molecule has 2 nitrogen and oxygen atoms in total. The van der Waals surface area contributed by atoms with Gasteiger partial charge in [0.15, 0.2) is 0 Å². The number of para-hydroxylation sites is 1. The van der Waals surface area contributed by atoms with Gasteiger partial charge in [-0.05, 0) is 60.3 Å². The van der Waals surface area contributed by atoms with Gasteiger partial charge in [-0.15, -0.1) is 0 Å². The summed E-state index contributed by atoms with van der Waals surface area (Å²) in [5.74, 6) is 5.15. The molecule has 2 fully saturated rings. The summed E-state index contributed by atoms with van der Waals surface area (Å²) in [5, 5.41) is 0. The number of fused-ring (bicyclic) bond motifs is 10. The first kappa shape index (κ1) is 22.0. The molecule has 0 N–H and O–H groups in total. The highest BCUT2D eigenvalue weighted by Gasteiger charge is 2.57. The van der Waals surface area contributed by atoms with Crippen LogP contribution < -0.4 is 9.80 Å². The molecule has 37 heavy (non-hydrogen) atoms. The van der Waals surface area contributed by atoms with E-state index in [0.717, 1.165) is 6.54 Å². The summed E-state index contributed by atoms with van der Waals surface area (Å²) in [4.78, 5) is 5.47. The molecular formula is C35H38N2. The SMILES string of the molecule is Cc1ccc2c(c1)C1C(C)C3C=CC=CC3C1N2CCC1C2C=CC=CC2C2C1c1ccccc1N2C. The normalized spacial score (nSPS) is 39.4. The molecule has 188 valence electrons. The van der Waals surface area contributed by atoms with Gasteiger partial charge in [-0.25, -0.2) is 0 Å². The van der Waals surface area contributed by atoms with Crippen molar-refractivity contribution in [2.45, 2.75) is 44.2 Å². The summed E-state index contributed by atoms with van der Waals surface area (Å²) in [5.41, 5.74) is 7.57. The zero-order valence-corrected chi connectivity index (χ0v) is 22.2. The van der Waals surface area contributed by atoms with Crippen molar-refractivity contribution < 1.29 is 0 Å². The van der Waals surface area contributed by atoms with Crippen LogP contribution in [0, 0.1) is 42.4 Å². The first-order chi connectivity index (χ1) is 18.1. The van der Waals surface area contributed by atoms with Crippen LogP contribution in [-0.4, -0.2) is 25.7 Å². The van der Waals surface area contributed by atoms with Crippen LogP contribution in [-0.2, 0) is 0 Å². The molecule has 8 rings (SSSR count). The van der Waals surface area contributed by atoms with Crippen molar-refractivity contribution in [2.24, 2.45) is 35.5 Å². The number of hydrogen-bond acceptors (Lipinski definition) is 2. The van der Waals surface area contributed by atoms with Crippen molar-refractivity contribution in [3.63, 3.8) is 0 Å². The summed E-state index contributed by atoms with van der Waals surface area (Å²) in [6.45, 7) is 5.93. The Morgan fingerprint density at radius 2 is 1.41 bits per heavy atom. The molecule has 2 saturated carbocycles. The molecule has 10 unspecified atom stereocenters. The fourth-order valence-corrected chi connectivity index (χ4v) is 9.77. The number of anilines is 2. The second-order valence-electron chi connectivity index (χ2n) is 12.6. The van der Waals surface area contributed by atoms with Crippen molar-refractivity contribution >= 4 is 11.4 Å². The van der Waals surface area contributed by atoms with Crippen LogP contribution in [0.4, 0.5) is 11.4 Å². The Bertz CT molecular complexity index is 1360. The van der Waals surface area contributed by atoms with E-state index >= 15 is 0 Å². The predicted octanol–water partition coefficient (Wildman–Crippen LogP) is 7.26. The smallest absolute Gasteiger partial charge is 0.0430 e. The minimum Gasteiger partial charge on any atom is -0.370 e. The van der Waals surface area contributed by atoms with Gasteiger partial charge in [0.2, 0.25) is 0 Å². The fourth-order valence-electron chi connectivity index (χ4n) is 9.77. The van der Waals surface area contributed by atoms with Gasteiger partial charge in [-0.2, -0.15) is 0 Å². The number of allylic oxidation sites excluding steroid dienone is 6. The third-order valence-corrected chi connectivity index (χ3v) is 11.1. The molecule has 0 radical (unpaired) electrons. The van der Waals surface area contributed by atoms with E-state index in [1.165, 1.54) is 23.4 Å². The molecule has 6 aliphatic rings. The van der Waals surface area contributed by atoms with Crippen LogP contribution in [0.3, 0.4) is 0 Å². The summed E-state index contributed by atoms with van der Waals surface area (Å²) in [6, 6.07) is 17.7. The van der Waals surface area contributed by atoms with Crippen LogP contribution >= 0.6 is 0 Å². The lowest BCUT2D eigenvalue weighted by molar-refractivity contribution is 0.361. The second-order valence-corrected chi connectivity index (χ2v) is 12.6. The van der Waals surface area contributed by atoms with Crippen LogP contribution in [0.2, 0.25) is 0 Å². The minimum atomic E-state index is 0.581. The van der Waals surface area contributed by atoms with E-state index < -0.39 is 0 Å². The maximum atomic E-state index is 2.86. The molecule has 10 atom stereocenters. The number of likely N-dealkylation sites (N-methyl/N-ethyl adjacent to an activating group) is 1. The maximum absolute atomic E-state index is 2.86. The number of benzene rings is 2. The molecule has 0 saturated heterocycles. The molecule has 0 amide bonds. The summed E-state index contributed by atoms with van der Waals surface area (Å²) >= 11 is 0. The van der Waals surface area contributed by atoms with E-state index in [9.17, 15) is 0 Å². The molecule has 0 aromatic heterocycles. The molecule has 4 aliphatic carbocycles. The highest BCUT2D eigenvalue weighted by Crippen LogP contribution is 2.61. The quantitative estimate of drug-likeness (QED) is 0.451. The van der Waals surface area contributed by atoms with Crippen molar-refractivity contribution in [3.05, 3.63) is 108 Å². The highest BCUT2D eigenvalue weighted by molar-refractivity contribution is 5.66. The van der Waals surface area contributed by atoms with E-state index in [0.29, 0.717) is 59.4 Å². The average molecular weight is 487 g/mol. The van der Waals surface area contributed by atoms with E-state index in [1.54, 1.807) is 11.1 Å². The van der Waals surface area contributed by atoms with Crippen molar-refractivity contribution in [1.29, 1.82) is 0 Å². The van der Waals surface area contributed by atoms with Crippen molar-refractivity contribution in [1.82, 2.24) is 0 Å². The third-order valence-electron chi connectivity index (χ3n) is 11.1. The Balaban J connectivity index is 1.16. The standard InChI is InChI=1S/C35H38N2/c1-21-16-17-31-29(20-21)32-22(2)23-10-4-6-12-26(23)35(32)37(31)19-18-25-24-11-5-7-13-27(24)34-33(25)28-14-8-9-15-30(28)36(34)3/h4-17,20,22-27,32-35H,18-19H2,1-3H3. The lowest BCUT2D eigenvalue weighted by Crippen LogP contribution is -2.39. The Morgan fingerprint density at radius 1 is 0.703 bits per heavy atom. The highest BCUT2D eigenvalue weighted by atomic mass is 15.2. The minimum absolute atomic E-state index is 0.581. The second kappa shape index (κ2) is 8.00. The van der Waals surface area contributed by atoms with Gasteiger partial charge in [0.05, 0.1) is 0 Å². The lowest BCUT2D eigenvalue weighted by atomic mass is 9.80. The number of hydrogen-bond donors (Lipinski definition) is 0. The van der Waals surface area contributed by atoms with E-state index in [-0.39, 0.29) is 0 Å². The van der Waals surface area contributed by atoms with E-state index in [4.69, 9.17) is 0 Å². The molecule has 2 aliphatic heterocycles. The predicted molar refractivity (Wildman–Crippen MR) is 154 cm³/mol. The first-order valence-electron chi connectivity index (χ1n) is 14.5. The maximum Gasteiger partial charge on any atom is 0.0430 e.